The summed E-state index contributed by atoms with van der Waals surface area (Å²) in [6.45, 7) is 2.88. The van der Waals surface area contributed by atoms with Crippen LogP contribution in [0.15, 0.2) is 24.3 Å². The molecule has 1 N–H and O–H groups in total. The lowest BCUT2D eigenvalue weighted by atomic mass is 10.2. The van der Waals surface area contributed by atoms with E-state index in [1.54, 1.807) is 0 Å². The predicted octanol–water partition coefficient (Wildman–Crippen LogP) is 1.24. The van der Waals surface area contributed by atoms with Gasteiger partial charge in [-0.1, -0.05) is 12.1 Å². The molecule has 0 saturated heterocycles. The topological polar surface area (TPSA) is 48.3 Å². The monoisotopic (exact) mass is 233 g/mol. The summed E-state index contributed by atoms with van der Waals surface area (Å²) in [6, 6.07) is 9.76. The molecule has 0 fully saturated rings. The molecule has 4 nitrogen and oxygen atoms in total. The third-order valence-electron chi connectivity index (χ3n) is 2.27. The lowest BCUT2D eigenvalue weighted by Crippen LogP contribution is -2.26. The molecule has 0 aliphatic rings. The summed E-state index contributed by atoms with van der Waals surface area (Å²) in [7, 11) is 4.11. The van der Waals surface area contributed by atoms with E-state index < -0.39 is 0 Å². The summed E-state index contributed by atoms with van der Waals surface area (Å²) < 4.78 is 5.24. The molecule has 1 aromatic carbocycles. The minimum absolute atomic E-state index is 0.0948. The summed E-state index contributed by atoms with van der Waals surface area (Å²) in [5.74, 6) is 0.749. The first-order valence-corrected chi connectivity index (χ1v) is 5.66. The maximum atomic E-state index is 8.43. The van der Waals surface area contributed by atoms with Crippen LogP contribution in [0.5, 0.6) is 5.75 Å². The number of nitrogens with one attached hydrogen (secondary N) is 1. The summed E-state index contributed by atoms with van der Waals surface area (Å²) in [6.07, 6.45) is 0. The molecule has 0 spiro atoms. The second kappa shape index (κ2) is 7.66. The van der Waals surface area contributed by atoms with Gasteiger partial charge in [-0.2, -0.15) is 5.26 Å². The minimum atomic E-state index is 0.0948. The second-order valence-corrected chi connectivity index (χ2v) is 4.07. The Kier molecular flexibility index (Phi) is 6.08. The normalized spacial score (nSPS) is 10.2. The van der Waals surface area contributed by atoms with E-state index in [1.807, 2.05) is 30.3 Å². The van der Waals surface area contributed by atoms with Crippen LogP contribution in [-0.2, 0) is 6.54 Å². The van der Waals surface area contributed by atoms with Gasteiger partial charge in [-0.15, -0.1) is 0 Å². The van der Waals surface area contributed by atoms with E-state index >= 15 is 0 Å². The highest BCUT2D eigenvalue weighted by atomic mass is 16.5. The summed E-state index contributed by atoms with van der Waals surface area (Å²) in [4.78, 5) is 2.14. The average Bonchev–Trinajstić information content (AvgIpc) is 2.32. The maximum absolute atomic E-state index is 8.43. The number of likely N-dealkylation sites (N-methyl/N-ethyl adjacent to an activating group) is 1. The van der Waals surface area contributed by atoms with Gasteiger partial charge in [-0.05, 0) is 31.8 Å². The van der Waals surface area contributed by atoms with Crippen molar-refractivity contribution < 1.29 is 4.74 Å². The van der Waals surface area contributed by atoms with E-state index in [9.17, 15) is 0 Å². The van der Waals surface area contributed by atoms with Crippen molar-refractivity contribution in [1.82, 2.24) is 10.2 Å². The molecule has 0 aromatic heterocycles. The van der Waals surface area contributed by atoms with Gasteiger partial charge < -0.3 is 15.0 Å². The molecule has 0 bridgehead atoms. The van der Waals surface area contributed by atoms with Gasteiger partial charge in [-0.25, -0.2) is 0 Å². The van der Waals surface area contributed by atoms with Crippen molar-refractivity contribution in [2.45, 2.75) is 6.54 Å². The standard InChI is InChI=1S/C13H19N3O/c1-16(2)8-7-15-11-12-4-3-5-13(10-12)17-9-6-14/h3-5,10,15H,7-9,11H2,1-2H3. The predicted molar refractivity (Wildman–Crippen MR) is 67.8 cm³/mol. The Hall–Kier alpha value is -1.57. The number of benzene rings is 1. The number of ether oxygens (including phenoxy) is 1. The molecule has 0 saturated carbocycles. The maximum Gasteiger partial charge on any atom is 0.174 e. The summed E-state index contributed by atoms with van der Waals surface area (Å²) in [5.41, 5.74) is 1.17. The molecule has 1 rings (SSSR count). The van der Waals surface area contributed by atoms with Crippen LogP contribution in [0.2, 0.25) is 0 Å². The van der Waals surface area contributed by atoms with E-state index in [0.29, 0.717) is 0 Å². The molecule has 17 heavy (non-hydrogen) atoms. The molecule has 0 radical (unpaired) electrons. The first kappa shape index (κ1) is 13.5. The molecule has 92 valence electrons. The van der Waals surface area contributed by atoms with E-state index in [4.69, 9.17) is 10.00 Å². The van der Waals surface area contributed by atoms with Gasteiger partial charge in [0.05, 0.1) is 0 Å². The van der Waals surface area contributed by atoms with E-state index in [-0.39, 0.29) is 6.61 Å². The van der Waals surface area contributed by atoms with Gasteiger partial charge in [0.1, 0.15) is 11.8 Å². The smallest absolute Gasteiger partial charge is 0.174 e. The fourth-order valence-corrected chi connectivity index (χ4v) is 1.40. The number of rotatable bonds is 7. The first-order chi connectivity index (χ1) is 8.22. The minimum Gasteiger partial charge on any atom is -0.479 e. The molecular weight excluding hydrogens is 214 g/mol. The van der Waals surface area contributed by atoms with Crippen molar-refractivity contribution in [3.8, 4) is 11.8 Å². The van der Waals surface area contributed by atoms with Crippen LogP contribution in [0.3, 0.4) is 0 Å². The van der Waals surface area contributed by atoms with Crippen molar-refractivity contribution in [3.05, 3.63) is 29.8 Å². The van der Waals surface area contributed by atoms with Gasteiger partial charge >= 0.3 is 0 Å². The fourth-order valence-electron chi connectivity index (χ4n) is 1.40. The van der Waals surface area contributed by atoms with Crippen molar-refractivity contribution in [2.24, 2.45) is 0 Å². The van der Waals surface area contributed by atoms with Crippen LogP contribution in [0.1, 0.15) is 5.56 Å². The average molecular weight is 233 g/mol. The SMILES string of the molecule is CN(C)CCNCc1cccc(OCC#N)c1. The molecule has 0 amide bonds. The van der Waals surface area contributed by atoms with Crippen LogP contribution < -0.4 is 10.1 Å². The van der Waals surface area contributed by atoms with Crippen LogP contribution >= 0.6 is 0 Å². The quantitative estimate of drug-likeness (QED) is 0.720. The Bertz CT molecular complexity index is 371. The molecule has 0 aliphatic heterocycles. The molecule has 4 heteroatoms. The molecule has 0 unspecified atom stereocenters. The zero-order valence-electron chi connectivity index (χ0n) is 10.4. The van der Waals surface area contributed by atoms with Gasteiger partial charge in [0.15, 0.2) is 6.61 Å². The Balaban J connectivity index is 2.35. The van der Waals surface area contributed by atoms with Crippen LogP contribution in [0, 0.1) is 11.3 Å². The summed E-state index contributed by atoms with van der Waals surface area (Å²) >= 11 is 0. The van der Waals surface area contributed by atoms with Crippen molar-refractivity contribution in [3.63, 3.8) is 0 Å². The zero-order chi connectivity index (χ0) is 12.5. The molecular formula is C13H19N3O. The Morgan fingerprint density at radius 1 is 1.41 bits per heavy atom. The van der Waals surface area contributed by atoms with E-state index in [2.05, 4.69) is 24.3 Å². The van der Waals surface area contributed by atoms with Crippen molar-refractivity contribution in [2.75, 3.05) is 33.8 Å². The molecule has 0 aliphatic carbocycles. The second-order valence-electron chi connectivity index (χ2n) is 4.07. The van der Waals surface area contributed by atoms with Gasteiger partial charge in [0.25, 0.3) is 0 Å². The number of nitrogens with zero attached hydrogens (tertiary/aromatic N) is 2. The van der Waals surface area contributed by atoms with Gasteiger partial charge in [0, 0.05) is 19.6 Å². The molecule has 0 atom stereocenters. The van der Waals surface area contributed by atoms with Crippen molar-refractivity contribution >= 4 is 0 Å². The highest BCUT2D eigenvalue weighted by Gasteiger charge is 1.97. The third-order valence-corrected chi connectivity index (χ3v) is 2.27. The first-order valence-electron chi connectivity index (χ1n) is 5.66. The Morgan fingerprint density at radius 2 is 2.24 bits per heavy atom. The Morgan fingerprint density at radius 3 is 2.94 bits per heavy atom. The molecule has 0 heterocycles. The van der Waals surface area contributed by atoms with Crippen LogP contribution in [0.4, 0.5) is 0 Å². The number of hydrogen-bond acceptors (Lipinski definition) is 4. The largest absolute Gasteiger partial charge is 0.479 e. The third kappa shape index (κ3) is 5.91. The van der Waals surface area contributed by atoms with Gasteiger partial charge in [-0.3, -0.25) is 0 Å². The summed E-state index contributed by atoms with van der Waals surface area (Å²) in [5, 5.41) is 11.8. The van der Waals surface area contributed by atoms with Crippen LogP contribution in [-0.4, -0.2) is 38.7 Å². The van der Waals surface area contributed by atoms with Gasteiger partial charge in [0.2, 0.25) is 0 Å². The fraction of sp³-hybridized carbons (Fsp3) is 0.462. The Labute approximate surface area is 103 Å². The number of nitriles is 1. The van der Waals surface area contributed by atoms with E-state index in [0.717, 1.165) is 25.4 Å². The molecule has 1 aromatic rings. The lowest BCUT2D eigenvalue weighted by Gasteiger charge is -2.10. The van der Waals surface area contributed by atoms with Crippen molar-refractivity contribution in [1.29, 1.82) is 5.26 Å². The lowest BCUT2D eigenvalue weighted by molar-refractivity contribution is 0.367. The highest BCUT2D eigenvalue weighted by molar-refractivity contribution is 5.28. The van der Waals surface area contributed by atoms with E-state index in [1.165, 1.54) is 5.56 Å². The number of hydrogen-bond donors (Lipinski definition) is 1. The highest BCUT2D eigenvalue weighted by Crippen LogP contribution is 2.12. The van der Waals surface area contributed by atoms with Crippen LogP contribution in [0.25, 0.3) is 0 Å². The zero-order valence-corrected chi connectivity index (χ0v) is 10.4.